The van der Waals surface area contributed by atoms with E-state index in [2.05, 4.69) is 6.07 Å². The van der Waals surface area contributed by atoms with Crippen LogP contribution in [0.2, 0.25) is 0 Å². The number of ether oxygens (including phenoxy) is 1. The van der Waals surface area contributed by atoms with Crippen LogP contribution in [0.25, 0.3) is 0 Å². The van der Waals surface area contributed by atoms with Crippen molar-refractivity contribution < 1.29 is 19.0 Å². The van der Waals surface area contributed by atoms with Crippen molar-refractivity contribution >= 4 is 5.91 Å². The Hall–Kier alpha value is -2.28. The molecule has 1 amide bonds. The summed E-state index contributed by atoms with van der Waals surface area (Å²) >= 11 is 0. The number of rotatable bonds is 2. The Morgan fingerprint density at radius 3 is 2.67 bits per heavy atom. The van der Waals surface area contributed by atoms with Crippen LogP contribution in [0.5, 0.6) is 0 Å². The fraction of sp³-hybridized carbons (Fsp3) is 0.381. The van der Waals surface area contributed by atoms with Crippen LogP contribution in [0.4, 0.5) is 4.39 Å². The molecule has 3 N–H and O–H groups in total. The van der Waals surface area contributed by atoms with Gasteiger partial charge < -0.3 is 20.5 Å². The topological polar surface area (TPSA) is 75.8 Å². The average molecular weight is 370 g/mol. The van der Waals surface area contributed by atoms with E-state index in [-0.39, 0.29) is 30.8 Å². The molecule has 0 aromatic heterocycles. The Balaban J connectivity index is 1.68. The molecule has 0 spiro atoms. The molecule has 27 heavy (non-hydrogen) atoms. The van der Waals surface area contributed by atoms with Crippen LogP contribution >= 0.6 is 0 Å². The van der Waals surface area contributed by atoms with E-state index in [1.165, 1.54) is 17.7 Å². The molecular formula is C21H23FN2O3. The van der Waals surface area contributed by atoms with E-state index in [0.717, 1.165) is 17.5 Å². The van der Waals surface area contributed by atoms with Gasteiger partial charge in [-0.1, -0.05) is 36.4 Å². The normalized spacial score (nSPS) is 27.9. The average Bonchev–Trinajstić information content (AvgIpc) is 2.69. The number of halogens is 1. The molecule has 4 atom stereocenters. The van der Waals surface area contributed by atoms with Gasteiger partial charge in [0.05, 0.1) is 18.8 Å². The molecule has 5 nitrogen and oxygen atoms in total. The number of carbonyl (C=O) groups is 1. The second kappa shape index (κ2) is 7.38. The first-order valence-corrected chi connectivity index (χ1v) is 9.23. The zero-order valence-corrected chi connectivity index (χ0v) is 14.9. The first kappa shape index (κ1) is 18.1. The van der Waals surface area contributed by atoms with Gasteiger partial charge in [-0.3, -0.25) is 4.79 Å². The van der Waals surface area contributed by atoms with Crippen molar-refractivity contribution in [2.24, 2.45) is 5.73 Å². The van der Waals surface area contributed by atoms with Crippen molar-refractivity contribution in [3.8, 4) is 0 Å². The summed E-state index contributed by atoms with van der Waals surface area (Å²) in [6, 6.07) is 13.5. The molecule has 2 heterocycles. The van der Waals surface area contributed by atoms with E-state index in [1.807, 2.05) is 18.2 Å². The van der Waals surface area contributed by atoms with Crippen molar-refractivity contribution in [3.05, 3.63) is 71.0 Å². The zero-order valence-electron chi connectivity index (χ0n) is 14.9. The van der Waals surface area contributed by atoms with Crippen LogP contribution in [-0.4, -0.2) is 47.3 Å². The van der Waals surface area contributed by atoms with Gasteiger partial charge in [0.25, 0.3) is 5.91 Å². The molecule has 1 saturated heterocycles. The second-order valence-corrected chi connectivity index (χ2v) is 7.22. The number of fused-ring (bicyclic) bond motifs is 1. The van der Waals surface area contributed by atoms with Gasteiger partial charge in [-0.2, -0.15) is 0 Å². The number of aliphatic hydroxyl groups excluding tert-OH is 1. The number of carbonyl (C=O) groups excluding carboxylic acids is 1. The Kier molecular flexibility index (Phi) is 4.95. The highest BCUT2D eigenvalue weighted by atomic mass is 19.1. The smallest absolute Gasteiger partial charge is 0.252 e. The fourth-order valence-electron chi connectivity index (χ4n) is 3.98. The van der Waals surface area contributed by atoms with Crippen LogP contribution in [0.1, 0.15) is 29.2 Å². The van der Waals surface area contributed by atoms with Crippen molar-refractivity contribution in [1.82, 2.24) is 4.90 Å². The predicted octanol–water partition coefficient (Wildman–Crippen LogP) is 1.78. The molecule has 0 unspecified atom stereocenters. The van der Waals surface area contributed by atoms with Crippen LogP contribution in [0.3, 0.4) is 0 Å². The third-order valence-corrected chi connectivity index (χ3v) is 5.48. The summed E-state index contributed by atoms with van der Waals surface area (Å²) in [4.78, 5) is 15.1. The van der Waals surface area contributed by atoms with Crippen LogP contribution in [0.15, 0.2) is 48.5 Å². The number of amides is 1. The quantitative estimate of drug-likeness (QED) is 0.845. The van der Waals surface area contributed by atoms with Crippen molar-refractivity contribution in [1.29, 1.82) is 0 Å². The van der Waals surface area contributed by atoms with E-state index < -0.39 is 18.2 Å². The summed E-state index contributed by atoms with van der Waals surface area (Å²) in [6.45, 7) is 0.610. The summed E-state index contributed by atoms with van der Waals surface area (Å²) in [5, 5.41) is 9.76. The second-order valence-electron chi connectivity index (χ2n) is 7.22. The monoisotopic (exact) mass is 370 g/mol. The Labute approximate surface area is 157 Å². The lowest BCUT2D eigenvalue weighted by Crippen LogP contribution is -2.53. The summed E-state index contributed by atoms with van der Waals surface area (Å²) in [6.07, 6.45) is -0.379. The summed E-state index contributed by atoms with van der Waals surface area (Å²) in [5.41, 5.74) is 9.02. The van der Waals surface area contributed by atoms with Gasteiger partial charge in [0.1, 0.15) is 11.9 Å². The van der Waals surface area contributed by atoms with Crippen LogP contribution in [0, 0.1) is 5.82 Å². The van der Waals surface area contributed by atoms with E-state index in [1.54, 1.807) is 17.0 Å². The lowest BCUT2D eigenvalue weighted by molar-refractivity contribution is -0.154. The molecule has 0 bridgehead atoms. The third-order valence-electron chi connectivity index (χ3n) is 5.48. The van der Waals surface area contributed by atoms with Gasteiger partial charge in [-0.05, 0) is 35.2 Å². The molecule has 0 aliphatic carbocycles. The largest absolute Gasteiger partial charge is 0.389 e. The lowest BCUT2D eigenvalue weighted by Gasteiger charge is -2.41. The van der Waals surface area contributed by atoms with Crippen molar-refractivity contribution in [2.45, 2.75) is 37.1 Å². The molecule has 2 aromatic rings. The lowest BCUT2D eigenvalue weighted by atomic mass is 9.87. The van der Waals surface area contributed by atoms with Crippen LogP contribution < -0.4 is 5.73 Å². The number of aliphatic hydroxyl groups is 1. The highest BCUT2D eigenvalue weighted by molar-refractivity contribution is 5.82. The van der Waals surface area contributed by atoms with E-state index >= 15 is 0 Å². The van der Waals surface area contributed by atoms with E-state index in [4.69, 9.17) is 10.5 Å². The molecular weight excluding hydrogens is 347 g/mol. The summed E-state index contributed by atoms with van der Waals surface area (Å²) in [7, 11) is 0. The number of benzene rings is 2. The van der Waals surface area contributed by atoms with Gasteiger partial charge >= 0.3 is 0 Å². The highest BCUT2D eigenvalue weighted by Crippen LogP contribution is 2.36. The molecule has 0 saturated carbocycles. The molecule has 6 heteroatoms. The predicted molar refractivity (Wildman–Crippen MR) is 98.4 cm³/mol. The van der Waals surface area contributed by atoms with E-state index in [0.29, 0.717) is 6.54 Å². The molecule has 1 fully saturated rings. The zero-order chi connectivity index (χ0) is 19.0. The van der Waals surface area contributed by atoms with Crippen molar-refractivity contribution in [3.63, 3.8) is 0 Å². The van der Waals surface area contributed by atoms with Gasteiger partial charge in [-0.15, -0.1) is 0 Å². The van der Waals surface area contributed by atoms with E-state index in [9.17, 15) is 14.3 Å². The maximum atomic E-state index is 13.4. The number of nitrogens with two attached hydrogens (primary N) is 1. The molecule has 2 aliphatic rings. The van der Waals surface area contributed by atoms with Crippen LogP contribution in [-0.2, 0) is 16.0 Å². The van der Waals surface area contributed by atoms with Gasteiger partial charge in [0, 0.05) is 19.0 Å². The first-order valence-electron chi connectivity index (χ1n) is 9.23. The van der Waals surface area contributed by atoms with Gasteiger partial charge in [0.2, 0.25) is 0 Å². The standard InChI is InChI=1S/C21H23FN2O3/c22-15-7-5-14(6-8-15)20-16-4-2-1-3-13(16)9-10-24(20)21(26)19-11-17(23)18(25)12-27-19/h1-8,17-20,25H,9-12,23H2/t17-,18-,19+,20-/m0/s1. The van der Waals surface area contributed by atoms with Gasteiger partial charge in [-0.25, -0.2) is 4.39 Å². The number of nitrogens with zero attached hydrogens (tertiary/aromatic N) is 1. The highest BCUT2D eigenvalue weighted by Gasteiger charge is 2.39. The molecule has 2 aromatic carbocycles. The molecule has 0 radical (unpaired) electrons. The molecule has 142 valence electrons. The SMILES string of the molecule is N[C@H]1C[C@H](C(=O)N2CCc3ccccc3[C@@H]2c2ccc(F)cc2)OC[C@@H]1O. The molecule has 4 rings (SSSR count). The number of hydrogen-bond donors (Lipinski definition) is 2. The minimum atomic E-state index is -0.746. The Morgan fingerprint density at radius 1 is 1.19 bits per heavy atom. The minimum Gasteiger partial charge on any atom is -0.389 e. The summed E-state index contributed by atoms with van der Waals surface area (Å²) in [5.74, 6) is -0.447. The first-order chi connectivity index (χ1) is 13.0. The number of hydrogen-bond acceptors (Lipinski definition) is 4. The maximum absolute atomic E-state index is 13.4. The third kappa shape index (κ3) is 3.48. The fourth-order valence-corrected chi connectivity index (χ4v) is 3.98. The maximum Gasteiger partial charge on any atom is 0.252 e. The molecule has 2 aliphatic heterocycles. The minimum absolute atomic E-state index is 0.0587. The Bertz CT molecular complexity index is 826. The van der Waals surface area contributed by atoms with Crippen molar-refractivity contribution in [2.75, 3.05) is 13.2 Å². The Morgan fingerprint density at radius 2 is 1.93 bits per heavy atom. The van der Waals surface area contributed by atoms with Gasteiger partial charge in [0.15, 0.2) is 0 Å². The summed E-state index contributed by atoms with van der Waals surface area (Å²) < 4.78 is 19.0.